The second-order valence-corrected chi connectivity index (χ2v) is 17.5. The number of hydrogen-bond acceptors (Lipinski definition) is 2. The quantitative estimate of drug-likeness (QED) is 0.152. The van der Waals surface area contributed by atoms with Crippen molar-refractivity contribution in [3.63, 3.8) is 0 Å². The van der Waals surface area contributed by atoms with Crippen LogP contribution in [-0.4, -0.2) is 10.6 Å². The van der Waals surface area contributed by atoms with E-state index in [2.05, 4.69) is 252 Å². The predicted molar refractivity (Wildman–Crippen MR) is 282 cm³/mol. The summed E-state index contributed by atoms with van der Waals surface area (Å²) in [5, 5.41) is 7.27. The highest BCUT2D eigenvalue weighted by Crippen LogP contribution is 2.44. The van der Waals surface area contributed by atoms with Crippen LogP contribution in [-0.2, 0) is 0 Å². The molecule has 10 aromatic carbocycles. The molecule has 0 radical (unpaired) electrons. The average Bonchev–Trinajstić information content (AvgIpc) is 3.95. The van der Waals surface area contributed by atoms with Crippen molar-refractivity contribution < 1.29 is 4.42 Å². The van der Waals surface area contributed by atoms with E-state index in [1.54, 1.807) is 0 Å². The highest BCUT2D eigenvalue weighted by molar-refractivity contribution is 6.11. The van der Waals surface area contributed by atoms with Crippen LogP contribution in [0.3, 0.4) is 0 Å². The Morgan fingerprint density at radius 1 is 0.418 bits per heavy atom. The van der Waals surface area contributed by atoms with Gasteiger partial charge in [-0.05, 0) is 99.1 Å². The lowest BCUT2D eigenvalue weighted by molar-refractivity contribution is 0.670. The van der Waals surface area contributed by atoms with Gasteiger partial charge in [-0.15, -0.1) is 0 Å². The molecule has 0 spiro atoms. The van der Waals surface area contributed by atoms with Gasteiger partial charge in [-0.2, -0.15) is 0 Å². The molecule has 0 saturated carbocycles. The van der Waals surface area contributed by atoms with Crippen LogP contribution in [0.5, 0.6) is 0 Å². The zero-order valence-corrected chi connectivity index (χ0v) is 36.8. The minimum Gasteiger partial charge on any atom is -0.455 e. The number of anilines is 2. The van der Waals surface area contributed by atoms with E-state index in [1.807, 2.05) is 6.07 Å². The van der Waals surface area contributed by atoms with E-state index in [0.717, 1.165) is 62.1 Å². The van der Waals surface area contributed by atoms with Crippen molar-refractivity contribution in [3.05, 3.63) is 254 Å². The molecule has 316 valence electrons. The molecule has 0 saturated heterocycles. The van der Waals surface area contributed by atoms with Crippen LogP contribution in [0, 0.1) is 0 Å². The Kier molecular flexibility index (Phi) is 9.31. The fraction of sp³-hybridized carbons (Fsp3) is 0.0312. The summed E-state index contributed by atoms with van der Waals surface area (Å²) in [6.45, 7) is 0. The Balaban J connectivity index is 0.950. The number of para-hydroxylation sites is 5. The van der Waals surface area contributed by atoms with Crippen LogP contribution in [0.2, 0.25) is 0 Å². The molecule has 1 unspecified atom stereocenters. The second kappa shape index (κ2) is 16.1. The van der Waals surface area contributed by atoms with Gasteiger partial charge in [0.25, 0.3) is 0 Å². The molecule has 2 aromatic heterocycles. The van der Waals surface area contributed by atoms with Gasteiger partial charge in [0, 0.05) is 44.0 Å². The standard InChI is InChI=1S/C64H44N2O/c1-2-22-48-43(18-1)19-16-31-52(48)53-25-5-10-33-59(53)65(47-21-15-20-45(42-47)50-30-17-32-58-57-29-9-14-37-63(57)67-64(50)58)46-40-38-44(39-41-46)49-23-3-4-24-51(49)54-26-6-11-34-60(54)66-61-35-12-7-27-55(61)56-28-8-13-36-62(56)66/h1-32,34-42,59H,33H2. The summed E-state index contributed by atoms with van der Waals surface area (Å²) < 4.78 is 9.02. The minimum atomic E-state index is 0.0179. The normalized spacial score (nSPS) is 13.8. The van der Waals surface area contributed by atoms with Gasteiger partial charge >= 0.3 is 0 Å². The number of nitrogens with zero attached hydrogens (tertiary/aromatic N) is 2. The Labute approximate surface area is 389 Å². The fourth-order valence-electron chi connectivity index (χ4n) is 10.8. The van der Waals surface area contributed by atoms with E-state index >= 15 is 0 Å². The third-order valence-electron chi connectivity index (χ3n) is 13.8. The van der Waals surface area contributed by atoms with Crippen molar-refractivity contribution in [1.82, 2.24) is 4.57 Å². The van der Waals surface area contributed by atoms with Gasteiger partial charge in [0.05, 0.1) is 22.8 Å². The van der Waals surface area contributed by atoms with Crippen molar-refractivity contribution in [2.24, 2.45) is 0 Å². The second-order valence-electron chi connectivity index (χ2n) is 17.5. The first-order valence-electron chi connectivity index (χ1n) is 23.2. The molecule has 0 bridgehead atoms. The number of hydrogen-bond donors (Lipinski definition) is 0. The van der Waals surface area contributed by atoms with Crippen LogP contribution in [0.25, 0.3) is 99.2 Å². The first kappa shape index (κ1) is 38.8. The average molecular weight is 857 g/mol. The van der Waals surface area contributed by atoms with E-state index in [9.17, 15) is 0 Å². The molecule has 12 aromatic rings. The lowest BCUT2D eigenvalue weighted by Gasteiger charge is -2.37. The third-order valence-corrected chi connectivity index (χ3v) is 13.8. The van der Waals surface area contributed by atoms with Gasteiger partial charge in [0.1, 0.15) is 11.2 Å². The zero-order chi connectivity index (χ0) is 44.3. The molecule has 0 N–H and O–H groups in total. The van der Waals surface area contributed by atoms with Gasteiger partial charge < -0.3 is 13.9 Å². The first-order valence-corrected chi connectivity index (χ1v) is 23.2. The summed E-state index contributed by atoms with van der Waals surface area (Å²) >= 11 is 0. The molecule has 2 heterocycles. The smallest absolute Gasteiger partial charge is 0.143 e. The number of rotatable bonds is 8. The summed E-state index contributed by atoms with van der Waals surface area (Å²) in [5.74, 6) is 0. The van der Waals surface area contributed by atoms with Gasteiger partial charge in [0.2, 0.25) is 0 Å². The van der Waals surface area contributed by atoms with Crippen molar-refractivity contribution >= 4 is 71.5 Å². The van der Waals surface area contributed by atoms with E-state index in [-0.39, 0.29) is 6.04 Å². The van der Waals surface area contributed by atoms with Crippen LogP contribution in [0.15, 0.2) is 253 Å². The maximum atomic E-state index is 6.58. The number of furan rings is 1. The molecule has 3 nitrogen and oxygen atoms in total. The van der Waals surface area contributed by atoms with Crippen LogP contribution < -0.4 is 4.90 Å². The summed E-state index contributed by atoms with van der Waals surface area (Å²) in [6, 6.07) is 83.7. The highest BCUT2D eigenvalue weighted by atomic mass is 16.3. The van der Waals surface area contributed by atoms with Crippen molar-refractivity contribution in [2.75, 3.05) is 4.90 Å². The maximum absolute atomic E-state index is 6.58. The van der Waals surface area contributed by atoms with Crippen molar-refractivity contribution in [3.8, 4) is 39.1 Å². The largest absolute Gasteiger partial charge is 0.455 e. The lowest BCUT2D eigenvalue weighted by atomic mass is 9.87. The monoisotopic (exact) mass is 856 g/mol. The summed E-state index contributed by atoms with van der Waals surface area (Å²) in [4.78, 5) is 2.55. The Morgan fingerprint density at radius 2 is 1.01 bits per heavy atom. The number of allylic oxidation sites excluding steroid dienone is 2. The molecule has 1 atom stereocenters. The van der Waals surface area contributed by atoms with E-state index in [0.29, 0.717) is 0 Å². The molecule has 0 amide bonds. The molecular weight excluding hydrogens is 813 g/mol. The SMILES string of the molecule is C1=CCC(N(c2ccc(-c3ccccc3-c3ccccc3-n3c4ccccc4c4ccccc43)cc2)c2cccc(-c3cccc4c3oc3ccccc34)c2)C(c2cccc3ccccc23)=C1. The summed E-state index contributed by atoms with van der Waals surface area (Å²) in [5.41, 5.74) is 17.1. The number of benzene rings is 10. The van der Waals surface area contributed by atoms with Crippen LogP contribution >= 0.6 is 0 Å². The predicted octanol–water partition coefficient (Wildman–Crippen LogP) is 17.4. The van der Waals surface area contributed by atoms with Crippen LogP contribution in [0.1, 0.15) is 12.0 Å². The van der Waals surface area contributed by atoms with E-state index in [4.69, 9.17) is 4.42 Å². The van der Waals surface area contributed by atoms with E-state index in [1.165, 1.54) is 60.4 Å². The van der Waals surface area contributed by atoms with Gasteiger partial charge in [-0.3, -0.25) is 0 Å². The number of fused-ring (bicyclic) bond motifs is 7. The molecule has 1 aliphatic rings. The molecule has 0 fully saturated rings. The third kappa shape index (κ3) is 6.50. The summed E-state index contributed by atoms with van der Waals surface area (Å²) in [7, 11) is 0. The van der Waals surface area contributed by atoms with Crippen molar-refractivity contribution in [2.45, 2.75) is 12.5 Å². The lowest BCUT2D eigenvalue weighted by Crippen LogP contribution is -2.33. The maximum Gasteiger partial charge on any atom is 0.143 e. The molecule has 3 heteroatoms. The molecule has 0 aliphatic heterocycles. The Morgan fingerprint density at radius 3 is 1.84 bits per heavy atom. The highest BCUT2D eigenvalue weighted by Gasteiger charge is 2.28. The van der Waals surface area contributed by atoms with Gasteiger partial charge in [-0.1, -0.05) is 200 Å². The fourth-order valence-corrected chi connectivity index (χ4v) is 10.8. The van der Waals surface area contributed by atoms with Gasteiger partial charge in [0.15, 0.2) is 0 Å². The topological polar surface area (TPSA) is 21.3 Å². The van der Waals surface area contributed by atoms with Crippen LogP contribution in [0.4, 0.5) is 11.4 Å². The van der Waals surface area contributed by atoms with E-state index < -0.39 is 0 Å². The Hall–Kier alpha value is -8.66. The zero-order valence-electron chi connectivity index (χ0n) is 36.8. The summed E-state index contributed by atoms with van der Waals surface area (Å²) in [6.07, 6.45) is 7.70. The molecule has 1 aliphatic carbocycles. The first-order chi connectivity index (χ1) is 33.3. The number of aromatic nitrogens is 1. The van der Waals surface area contributed by atoms with Crippen molar-refractivity contribution in [1.29, 1.82) is 0 Å². The van der Waals surface area contributed by atoms with Gasteiger partial charge in [-0.25, -0.2) is 0 Å². The molecular formula is C64H44N2O. The molecule has 67 heavy (non-hydrogen) atoms. The molecule has 13 rings (SSSR count). The Bertz CT molecular complexity index is 3860. The minimum absolute atomic E-state index is 0.0179.